The third-order valence-electron chi connectivity index (χ3n) is 5.31. The fraction of sp³-hybridized carbons (Fsp3) is 0.185. The second-order valence-electron chi connectivity index (χ2n) is 7.74. The smallest absolute Gasteiger partial charge is 0.175 e. The number of fused-ring (bicyclic) bond motifs is 1. The van der Waals surface area contributed by atoms with Gasteiger partial charge in [-0.15, -0.1) is 0 Å². The molecule has 4 aromatic rings. The molecule has 170 valence electrons. The molecule has 0 bridgehead atoms. The summed E-state index contributed by atoms with van der Waals surface area (Å²) in [5.74, 6) is 2.20. The van der Waals surface area contributed by atoms with E-state index >= 15 is 0 Å². The van der Waals surface area contributed by atoms with E-state index in [1.807, 2.05) is 72.8 Å². The van der Waals surface area contributed by atoms with Crippen LogP contribution < -0.4 is 14.8 Å². The standard InChI is InChI=1S/C27H27NO4S/c1-3-28-18-19-31-22-11-13-23(14-12-22)32-27-25-7-5-4-6-20(25)10-17-26(27)21-8-15-24(16-9-21)33(2,29)30/h4-17,28H,3,18-19H2,1-2H3. The second-order valence-corrected chi connectivity index (χ2v) is 9.75. The molecule has 0 fully saturated rings. The second kappa shape index (κ2) is 10.1. The van der Waals surface area contributed by atoms with Gasteiger partial charge in [0.15, 0.2) is 9.84 Å². The molecule has 1 N–H and O–H groups in total. The first-order valence-corrected chi connectivity index (χ1v) is 12.8. The Kier molecular flexibility index (Phi) is 6.96. The Bertz CT molecular complexity index is 1330. The Morgan fingerprint density at radius 2 is 1.52 bits per heavy atom. The SMILES string of the molecule is CCNCCOc1ccc(Oc2c(-c3ccc(S(C)(=O)=O)cc3)ccc3ccccc23)cc1. The Hall–Kier alpha value is -3.35. The van der Waals surface area contributed by atoms with Crippen molar-refractivity contribution in [2.45, 2.75) is 11.8 Å². The van der Waals surface area contributed by atoms with Gasteiger partial charge < -0.3 is 14.8 Å². The molecule has 0 spiro atoms. The van der Waals surface area contributed by atoms with Crippen LogP contribution in [0.4, 0.5) is 0 Å². The van der Waals surface area contributed by atoms with Gasteiger partial charge in [0, 0.05) is 23.8 Å². The van der Waals surface area contributed by atoms with E-state index in [9.17, 15) is 8.42 Å². The van der Waals surface area contributed by atoms with Gasteiger partial charge in [0.1, 0.15) is 23.9 Å². The van der Waals surface area contributed by atoms with Crippen molar-refractivity contribution < 1.29 is 17.9 Å². The first kappa shape index (κ1) is 22.8. The number of benzene rings is 4. The number of sulfone groups is 1. The summed E-state index contributed by atoms with van der Waals surface area (Å²) in [4.78, 5) is 0.291. The molecule has 0 atom stereocenters. The highest BCUT2D eigenvalue weighted by atomic mass is 32.2. The largest absolute Gasteiger partial charge is 0.492 e. The summed E-state index contributed by atoms with van der Waals surface area (Å²) in [6, 6.07) is 26.5. The molecule has 0 aliphatic carbocycles. The van der Waals surface area contributed by atoms with E-state index in [4.69, 9.17) is 9.47 Å². The van der Waals surface area contributed by atoms with Crippen molar-refractivity contribution in [2.75, 3.05) is 26.0 Å². The quantitative estimate of drug-likeness (QED) is 0.324. The van der Waals surface area contributed by atoms with Crippen LogP contribution in [0.15, 0.2) is 89.8 Å². The van der Waals surface area contributed by atoms with Crippen LogP contribution in [0.1, 0.15) is 6.92 Å². The van der Waals surface area contributed by atoms with Crippen LogP contribution in [-0.4, -0.2) is 34.4 Å². The van der Waals surface area contributed by atoms with Crippen LogP contribution in [0, 0.1) is 0 Å². The first-order valence-electron chi connectivity index (χ1n) is 10.9. The van der Waals surface area contributed by atoms with Crippen LogP contribution >= 0.6 is 0 Å². The lowest BCUT2D eigenvalue weighted by atomic mass is 9.99. The van der Waals surface area contributed by atoms with Crippen LogP contribution in [0.2, 0.25) is 0 Å². The van der Waals surface area contributed by atoms with Crippen molar-refractivity contribution in [1.29, 1.82) is 0 Å². The third kappa shape index (κ3) is 5.53. The highest BCUT2D eigenvalue weighted by Gasteiger charge is 2.14. The number of rotatable bonds is 9. The average Bonchev–Trinajstić information content (AvgIpc) is 2.83. The van der Waals surface area contributed by atoms with E-state index < -0.39 is 9.84 Å². The maximum Gasteiger partial charge on any atom is 0.175 e. The lowest BCUT2D eigenvalue weighted by molar-refractivity contribution is 0.315. The van der Waals surface area contributed by atoms with Crippen molar-refractivity contribution in [2.24, 2.45) is 0 Å². The van der Waals surface area contributed by atoms with Crippen LogP contribution in [0.3, 0.4) is 0 Å². The van der Waals surface area contributed by atoms with E-state index in [2.05, 4.69) is 12.2 Å². The van der Waals surface area contributed by atoms with Crippen molar-refractivity contribution in [3.05, 3.63) is 84.9 Å². The van der Waals surface area contributed by atoms with Crippen molar-refractivity contribution in [3.63, 3.8) is 0 Å². The summed E-state index contributed by atoms with van der Waals surface area (Å²) in [5, 5.41) is 5.27. The molecule has 0 saturated carbocycles. The summed E-state index contributed by atoms with van der Waals surface area (Å²) in [6.07, 6.45) is 1.21. The molecule has 0 unspecified atom stereocenters. The molecule has 0 heterocycles. The lowest BCUT2D eigenvalue weighted by Crippen LogP contribution is -2.20. The van der Waals surface area contributed by atoms with E-state index in [0.29, 0.717) is 17.3 Å². The molecule has 0 amide bonds. The number of ether oxygens (including phenoxy) is 2. The van der Waals surface area contributed by atoms with Gasteiger partial charge in [-0.2, -0.15) is 0 Å². The molecule has 4 rings (SSSR count). The predicted octanol–water partition coefficient (Wildman–Crippen LogP) is 5.69. The van der Waals surface area contributed by atoms with Gasteiger partial charge in [-0.3, -0.25) is 0 Å². The maximum absolute atomic E-state index is 11.9. The predicted molar refractivity (Wildman–Crippen MR) is 133 cm³/mol. The highest BCUT2D eigenvalue weighted by molar-refractivity contribution is 7.90. The van der Waals surface area contributed by atoms with E-state index in [-0.39, 0.29) is 0 Å². The number of nitrogens with one attached hydrogen (secondary N) is 1. The fourth-order valence-corrected chi connectivity index (χ4v) is 4.23. The van der Waals surface area contributed by atoms with Crippen LogP contribution in [0.25, 0.3) is 21.9 Å². The molecule has 0 aromatic heterocycles. The number of hydrogen-bond acceptors (Lipinski definition) is 5. The number of hydrogen-bond donors (Lipinski definition) is 1. The van der Waals surface area contributed by atoms with Gasteiger partial charge in [-0.1, -0.05) is 49.4 Å². The summed E-state index contributed by atoms with van der Waals surface area (Å²) in [5.41, 5.74) is 1.77. The maximum atomic E-state index is 11.9. The molecule has 0 radical (unpaired) electrons. The third-order valence-corrected chi connectivity index (χ3v) is 6.44. The van der Waals surface area contributed by atoms with Crippen molar-refractivity contribution in [1.82, 2.24) is 5.32 Å². The van der Waals surface area contributed by atoms with Gasteiger partial charge in [-0.05, 0) is 60.0 Å². The van der Waals surface area contributed by atoms with Gasteiger partial charge in [0.25, 0.3) is 0 Å². The Morgan fingerprint density at radius 3 is 2.21 bits per heavy atom. The minimum Gasteiger partial charge on any atom is -0.492 e. The zero-order chi connectivity index (χ0) is 23.3. The summed E-state index contributed by atoms with van der Waals surface area (Å²) < 4.78 is 35.8. The Morgan fingerprint density at radius 1 is 0.818 bits per heavy atom. The van der Waals surface area contributed by atoms with Gasteiger partial charge in [0.2, 0.25) is 0 Å². The molecule has 33 heavy (non-hydrogen) atoms. The zero-order valence-electron chi connectivity index (χ0n) is 18.7. The molecular weight excluding hydrogens is 434 g/mol. The molecule has 0 aliphatic rings. The van der Waals surface area contributed by atoms with E-state index in [0.717, 1.165) is 46.5 Å². The molecule has 4 aromatic carbocycles. The lowest BCUT2D eigenvalue weighted by Gasteiger charge is -2.15. The van der Waals surface area contributed by atoms with E-state index in [1.165, 1.54) is 6.26 Å². The minimum atomic E-state index is -3.26. The Labute approximate surface area is 194 Å². The molecule has 5 nitrogen and oxygen atoms in total. The summed E-state index contributed by atoms with van der Waals surface area (Å²) in [7, 11) is -3.26. The van der Waals surface area contributed by atoms with Crippen LogP contribution in [0.5, 0.6) is 17.2 Å². The first-order chi connectivity index (χ1) is 16.0. The molecule has 0 saturated heterocycles. The van der Waals surface area contributed by atoms with Gasteiger partial charge in [-0.25, -0.2) is 8.42 Å². The summed E-state index contributed by atoms with van der Waals surface area (Å²) >= 11 is 0. The normalized spacial score (nSPS) is 11.5. The summed E-state index contributed by atoms with van der Waals surface area (Å²) in [6.45, 7) is 4.38. The minimum absolute atomic E-state index is 0.291. The molecule has 0 aliphatic heterocycles. The molecule has 6 heteroatoms. The zero-order valence-corrected chi connectivity index (χ0v) is 19.6. The highest BCUT2D eigenvalue weighted by Crippen LogP contribution is 2.40. The van der Waals surface area contributed by atoms with Crippen LogP contribution in [-0.2, 0) is 9.84 Å². The monoisotopic (exact) mass is 461 g/mol. The average molecular weight is 462 g/mol. The van der Waals surface area contributed by atoms with Crippen molar-refractivity contribution >= 4 is 20.6 Å². The Balaban J connectivity index is 1.66. The topological polar surface area (TPSA) is 64.6 Å². The number of likely N-dealkylation sites (N-methyl/N-ethyl adjacent to an activating group) is 1. The fourth-order valence-electron chi connectivity index (χ4n) is 3.60. The van der Waals surface area contributed by atoms with Gasteiger partial charge >= 0.3 is 0 Å². The van der Waals surface area contributed by atoms with Crippen molar-refractivity contribution in [3.8, 4) is 28.4 Å². The van der Waals surface area contributed by atoms with Gasteiger partial charge in [0.05, 0.1) is 4.90 Å². The van der Waals surface area contributed by atoms with E-state index in [1.54, 1.807) is 12.1 Å². The molecular formula is C27H27NO4S.